The molecule has 0 aromatic heterocycles. The van der Waals surface area contributed by atoms with Crippen molar-refractivity contribution in [1.29, 1.82) is 0 Å². The van der Waals surface area contributed by atoms with Gasteiger partial charge in [-0.1, -0.05) is 12.2 Å². The molecule has 0 amide bonds. The first-order valence-corrected chi connectivity index (χ1v) is 8.01. The van der Waals surface area contributed by atoms with Crippen LogP contribution in [0.3, 0.4) is 0 Å². The monoisotopic (exact) mass is 347 g/mol. The van der Waals surface area contributed by atoms with Crippen molar-refractivity contribution in [1.82, 2.24) is 0 Å². The normalized spacial score (nSPS) is 10.1. The van der Waals surface area contributed by atoms with Crippen molar-refractivity contribution in [2.24, 2.45) is 5.73 Å². The van der Waals surface area contributed by atoms with Crippen molar-refractivity contribution in [3.63, 3.8) is 0 Å². The van der Waals surface area contributed by atoms with Crippen LogP contribution in [0.15, 0.2) is 42.5 Å². The molecular weight excluding hydrogens is 326 g/mol. The maximum Gasteiger partial charge on any atom is 0.161 e. The Morgan fingerprint density at radius 1 is 0.917 bits per heavy atom. The van der Waals surface area contributed by atoms with Crippen LogP contribution in [-0.2, 0) is 0 Å². The molecular formula is C18H21NO4S. The number of hydrogen-bond donors (Lipinski definition) is 1. The van der Waals surface area contributed by atoms with E-state index in [2.05, 4.69) is 0 Å². The molecule has 0 saturated heterocycles. The largest absolute Gasteiger partial charge is 0.497 e. The first-order valence-electron chi connectivity index (χ1n) is 7.60. The molecule has 5 nitrogen and oxygen atoms in total. The second kappa shape index (κ2) is 8.98. The lowest BCUT2D eigenvalue weighted by Crippen LogP contribution is -2.12. The Morgan fingerprint density at radius 2 is 1.58 bits per heavy atom. The van der Waals surface area contributed by atoms with Crippen molar-refractivity contribution in [3.8, 4) is 23.0 Å². The van der Waals surface area contributed by atoms with E-state index in [-0.39, 0.29) is 0 Å². The lowest BCUT2D eigenvalue weighted by molar-refractivity contribution is 0.208. The third-order valence-corrected chi connectivity index (χ3v) is 3.43. The summed E-state index contributed by atoms with van der Waals surface area (Å²) in [6.45, 7) is 3.23. The maximum atomic E-state index is 5.73. The highest BCUT2D eigenvalue weighted by atomic mass is 32.1. The molecule has 0 aliphatic rings. The van der Waals surface area contributed by atoms with Gasteiger partial charge in [0.15, 0.2) is 11.5 Å². The van der Waals surface area contributed by atoms with Crippen LogP contribution in [0.4, 0.5) is 0 Å². The lowest BCUT2D eigenvalue weighted by Gasteiger charge is -2.13. The molecule has 2 aromatic carbocycles. The molecule has 2 N–H and O–H groups in total. The Balaban J connectivity index is 1.89. The fourth-order valence-corrected chi connectivity index (χ4v) is 2.16. The molecule has 0 heterocycles. The second-order valence-corrected chi connectivity index (χ2v) is 5.27. The van der Waals surface area contributed by atoms with Crippen LogP contribution in [0.2, 0.25) is 0 Å². The molecule has 2 aromatic rings. The zero-order valence-corrected chi connectivity index (χ0v) is 14.6. The van der Waals surface area contributed by atoms with Gasteiger partial charge in [0, 0.05) is 5.56 Å². The standard InChI is InChI=1S/C18H21NO4S/c1-3-21-17-12-13(18(19)24)4-9-16(17)23-11-10-22-15-7-5-14(20-2)6-8-15/h4-9,12H,3,10-11H2,1-2H3,(H2,19,24). The summed E-state index contributed by atoms with van der Waals surface area (Å²) >= 11 is 4.98. The molecule has 0 spiro atoms. The molecule has 128 valence electrons. The molecule has 0 aliphatic heterocycles. The summed E-state index contributed by atoms with van der Waals surface area (Å²) in [6.07, 6.45) is 0. The average molecular weight is 347 g/mol. The van der Waals surface area contributed by atoms with E-state index in [1.165, 1.54) is 0 Å². The summed E-state index contributed by atoms with van der Waals surface area (Å²) in [7, 11) is 1.63. The van der Waals surface area contributed by atoms with Gasteiger partial charge in [-0.2, -0.15) is 0 Å². The quantitative estimate of drug-likeness (QED) is 0.555. The minimum Gasteiger partial charge on any atom is -0.497 e. The smallest absolute Gasteiger partial charge is 0.161 e. The van der Waals surface area contributed by atoms with E-state index in [1.54, 1.807) is 19.2 Å². The highest BCUT2D eigenvalue weighted by Gasteiger charge is 2.08. The van der Waals surface area contributed by atoms with E-state index in [1.807, 2.05) is 37.3 Å². The molecule has 0 radical (unpaired) electrons. The predicted octanol–water partition coefficient (Wildman–Crippen LogP) is 3.19. The van der Waals surface area contributed by atoms with Crippen molar-refractivity contribution < 1.29 is 18.9 Å². The van der Waals surface area contributed by atoms with Gasteiger partial charge in [-0.25, -0.2) is 0 Å². The van der Waals surface area contributed by atoms with Gasteiger partial charge in [0.25, 0.3) is 0 Å². The number of nitrogens with two attached hydrogens (primary N) is 1. The van der Waals surface area contributed by atoms with Gasteiger partial charge < -0.3 is 24.7 Å². The zero-order valence-electron chi connectivity index (χ0n) is 13.8. The van der Waals surface area contributed by atoms with Crippen LogP contribution >= 0.6 is 12.2 Å². The van der Waals surface area contributed by atoms with E-state index >= 15 is 0 Å². The lowest BCUT2D eigenvalue weighted by atomic mass is 10.2. The van der Waals surface area contributed by atoms with E-state index in [9.17, 15) is 0 Å². The van der Waals surface area contributed by atoms with Gasteiger partial charge in [0.05, 0.1) is 13.7 Å². The Labute approximate surface area is 147 Å². The van der Waals surface area contributed by atoms with Gasteiger partial charge in [-0.15, -0.1) is 0 Å². The van der Waals surface area contributed by atoms with Crippen LogP contribution in [0.25, 0.3) is 0 Å². The zero-order chi connectivity index (χ0) is 17.4. The Morgan fingerprint density at radius 3 is 2.21 bits per heavy atom. The molecule has 0 atom stereocenters. The summed E-state index contributed by atoms with van der Waals surface area (Å²) in [5.41, 5.74) is 6.39. The number of thiocarbonyl (C=S) groups is 1. The predicted molar refractivity (Wildman–Crippen MR) is 97.5 cm³/mol. The van der Waals surface area contributed by atoms with Crippen LogP contribution in [-0.4, -0.2) is 31.9 Å². The van der Waals surface area contributed by atoms with E-state index in [0.29, 0.717) is 36.3 Å². The Kier molecular flexibility index (Phi) is 6.69. The molecule has 0 unspecified atom stereocenters. The first-order chi connectivity index (χ1) is 11.6. The van der Waals surface area contributed by atoms with Crippen LogP contribution in [0, 0.1) is 0 Å². The van der Waals surface area contributed by atoms with Gasteiger partial charge in [0.1, 0.15) is 29.7 Å². The number of methoxy groups -OCH3 is 1. The Bertz CT molecular complexity index is 673. The third kappa shape index (κ3) is 5.03. The van der Waals surface area contributed by atoms with Gasteiger partial charge in [-0.3, -0.25) is 0 Å². The molecule has 0 saturated carbocycles. The van der Waals surface area contributed by atoms with E-state index in [4.69, 9.17) is 36.9 Å². The maximum absolute atomic E-state index is 5.73. The number of benzene rings is 2. The number of rotatable bonds is 9. The third-order valence-electron chi connectivity index (χ3n) is 3.20. The number of hydrogen-bond acceptors (Lipinski definition) is 5. The van der Waals surface area contributed by atoms with Crippen molar-refractivity contribution in [2.45, 2.75) is 6.92 Å². The second-order valence-electron chi connectivity index (χ2n) is 4.83. The van der Waals surface area contributed by atoms with Crippen LogP contribution in [0.1, 0.15) is 12.5 Å². The molecule has 2 rings (SSSR count). The Hall–Kier alpha value is -2.47. The van der Waals surface area contributed by atoms with Gasteiger partial charge >= 0.3 is 0 Å². The molecule has 0 aliphatic carbocycles. The van der Waals surface area contributed by atoms with Crippen molar-refractivity contribution in [3.05, 3.63) is 48.0 Å². The fourth-order valence-electron chi connectivity index (χ4n) is 2.03. The minimum absolute atomic E-state index is 0.324. The van der Waals surface area contributed by atoms with Crippen LogP contribution in [0.5, 0.6) is 23.0 Å². The van der Waals surface area contributed by atoms with Gasteiger partial charge in [-0.05, 0) is 49.4 Å². The number of ether oxygens (including phenoxy) is 4. The first kappa shape index (κ1) is 17.9. The van der Waals surface area contributed by atoms with Crippen molar-refractivity contribution in [2.75, 3.05) is 26.9 Å². The topological polar surface area (TPSA) is 62.9 Å². The van der Waals surface area contributed by atoms with Crippen LogP contribution < -0.4 is 24.7 Å². The molecule has 0 fully saturated rings. The highest BCUT2D eigenvalue weighted by molar-refractivity contribution is 7.80. The molecule has 6 heteroatoms. The molecule has 24 heavy (non-hydrogen) atoms. The summed E-state index contributed by atoms with van der Waals surface area (Å²) in [6, 6.07) is 12.8. The summed E-state index contributed by atoms with van der Waals surface area (Å²) in [4.78, 5) is 0.324. The minimum atomic E-state index is 0.324. The fraction of sp³-hybridized carbons (Fsp3) is 0.278. The summed E-state index contributed by atoms with van der Waals surface area (Å²) in [5, 5.41) is 0. The summed E-state index contributed by atoms with van der Waals surface area (Å²) < 4.78 is 22.0. The summed E-state index contributed by atoms with van der Waals surface area (Å²) in [5.74, 6) is 2.80. The van der Waals surface area contributed by atoms with E-state index < -0.39 is 0 Å². The highest BCUT2D eigenvalue weighted by Crippen LogP contribution is 2.28. The van der Waals surface area contributed by atoms with Gasteiger partial charge in [0.2, 0.25) is 0 Å². The van der Waals surface area contributed by atoms with Crippen molar-refractivity contribution >= 4 is 17.2 Å². The SMILES string of the molecule is CCOc1cc(C(N)=S)ccc1OCCOc1ccc(OC)cc1. The average Bonchev–Trinajstić information content (AvgIpc) is 2.60. The molecule has 0 bridgehead atoms. The van der Waals surface area contributed by atoms with E-state index in [0.717, 1.165) is 17.1 Å².